The molecular formula is C21H17N3O6S. The third-order valence-electron chi connectivity index (χ3n) is 4.58. The number of nitrogens with zero attached hydrogens (tertiary/aromatic N) is 2. The molecule has 9 nitrogen and oxygen atoms in total. The highest BCUT2D eigenvalue weighted by Crippen LogP contribution is 2.29. The molecule has 0 saturated heterocycles. The molecule has 2 heterocycles. The summed E-state index contributed by atoms with van der Waals surface area (Å²) in [7, 11) is -2.64. The number of benzene rings is 1. The molecule has 2 aromatic rings. The molecule has 3 amide bonds. The lowest BCUT2D eigenvalue weighted by Gasteiger charge is -2.23. The van der Waals surface area contributed by atoms with E-state index in [4.69, 9.17) is 4.42 Å². The van der Waals surface area contributed by atoms with Gasteiger partial charge in [-0.05, 0) is 55.0 Å². The van der Waals surface area contributed by atoms with Gasteiger partial charge < -0.3 is 4.42 Å². The molecule has 3 rings (SSSR count). The molecule has 0 bridgehead atoms. The number of carbonyl (C=O) groups excluding carboxylic acids is 3. The van der Waals surface area contributed by atoms with Crippen molar-refractivity contribution < 1.29 is 27.2 Å². The van der Waals surface area contributed by atoms with Crippen LogP contribution < -0.4 is 4.72 Å². The SMILES string of the molecule is CC(=O)NS(=O)(=O)c1ccc(-c2ccc(/C=C3\C(=O)N(C)C(=O)C(C#N)=C3C)o2)cc1. The van der Waals surface area contributed by atoms with Crippen molar-refractivity contribution in [2.45, 2.75) is 18.7 Å². The van der Waals surface area contributed by atoms with Crippen LogP contribution in [0.3, 0.4) is 0 Å². The number of amides is 3. The van der Waals surface area contributed by atoms with E-state index in [2.05, 4.69) is 0 Å². The zero-order chi connectivity index (χ0) is 22.9. The molecule has 31 heavy (non-hydrogen) atoms. The quantitative estimate of drug-likeness (QED) is 0.568. The van der Waals surface area contributed by atoms with Crippen LogP contribution in [0.15, 0.2) is 62.4 Å². The molecule has 158 valence electrons. The summed E-state index contributed by atoms with van der Waals surface area (Å²) in [5.41, 5.74) is 0.882. The standard InChI is InChI=1S/C21H17N3O6S/c1-12-17(20(26)24(3)21(27)18(12)11-22)10-15-6-9-19(30-15)14-4-7-16(8-5-14)31(28,29)23-13(2)25/h4-10H,1-3H3,(H,23,25)/b17-10-. The Morgan fingerprint density at radius 1 is 1.13 bits per heavy atom. The second-order valence-corrected chi connectivity index (χ2v) is 8.41. The van der Waals surface area contributed by atoms with Crippen LogP contribution in [0.5, 0.6) is 0 Å². The molecule has 1 aromatic carbocycles. The number of carbonyl (C=O) groups is 3. The first-order valence-corrected chi connectivity index (χ1v) is 10.4. The van der Waals surface area contributed by atoms with E-state index in [1.54, 1.807) is 12.1 Å². The van der Waals surface area contributed by atoms with Gasteiger partial charge in [-0.3, -0.25) is 19.3 Å². The van der Waals surface area contributed by atoms with Gasteiger partial charge in [-0.2, -0.15) is 5.26 Å². The number of hydrogen-bond acceptors (Lipinski definition) is 7. The fourth-order valence-corrected chi connectivity index (χ4v) is 3.96. The third kappa shape index (κ3) is 4.17. The molecule has 0 fully saturated rings. The van der Waals surface area contributed by atoms with Gasteiger partial charge in [-0.1, -0.05) is 0 Å². The van der Waals surface area contributed by atoms with Crippen LogP contribution >= 0.6 is 0 Å². The predicted octanol–water partition coefficient (Wildman–Crippen LogP) is 1.99. The second kappa shape index (κ2) is 8.04. The van der Waals surface area contributed by atoms with Crippen molar-refractivity contribution in [3.05, 3.63) is 58.9 Å². The Labute approximate surface area is 178 Å². The summed E-state index contributed by atoms with van der Waals surface area (Å²) < 4.78 is 31.7. The van der Waals surface area contributed by atoms with Gasteiger partial charge in [0, 0.05) is 25.1 Å². The second-order valence-electron chi connectivity index (χ2n) is 6.73. The number of nitriles is 1. The van der Waals surface area contributed by atoms with Gasteiger partial charge in [0.25, 0.3) is 21.8 Å². The van der Waals surface area contributed by atoms with E-state index in [0.717, 1.165) is 11.8 Å². The molecule has 1 aromatic heterocycles. The Bertz CT molecular complexity index is 1310. The van der Waals surface area contributed by atoms with Gasteiger partial charge in [0.05, 0.1) is 4.90 Å². The maximum atomic E-state index is 12.5. The topological polar surface area (TPSA) is 138 Å². The van der Waals surface area contributed by atoms with E-state index in [1.165, 1.54) is 44.3 Å². The zero-order valence-electron chi connectivity index (χ0n) is 16.8. The van der Waals surface area contributed by atoms with Crippen LogP contribution in [0.4, 0.5) is 0 Å². The van der Waals surface area contributed by atoms with E-state index in [1.807, 2.05) is 10.8 Å². The molecular weight excluding hydrogens is 422 g/mol. The number of sulfonamides is 1. The molecule has 10 heteroatoms. The van der Waals surface area contributed by atoms with Crippen molar-refractivity contribution in [3.63, 3.8) is 0 Å². The summed E-state index contributed by atoms with van der Waals surface area (Å²) in [6.45, 7) is 2.62. The summed E-state index contributed by atoms with van der Waals surface area (Å²) >= 11 is 0. The Balaban J connectivity index is 1.93. The molecule has 0 radical (unpaired) electrons. The van der Waals surface area contributed by atoms with Gasteiger partial charge in [0.2, 0.25) is 5.91 Å². The fourth-order valence-electron chi connectivity index (χ4n) is 2.97. The Kier molecular flexibility index (Phi) is 5.64. The van der Waals surface area contributed by atoms with Crippen LogP contribution in [0, 0.1) is 11.3 Å². The van der Waals surface area contributed by atoms with Gasteiger partial charge in [0.1, 0.15) is 23.2 Å². The zero-order valence-corrected chi connectivity index (χ0v) is 17.6. The largest absolute Gasteiger partial charge is 0.457 e. The molecule has 0 aliphatic carbocycles. The number of hydrogen-bond donors (Lipinski definition) is 1. The molecule has 1 N–H and O–H groups in total. The molecule has 0 spiro atoms. The highest BCUT2D eigenvalue weighted by molar-refractivity contribution is 7.90. The van der Waals surface area contributed by atoms with Crippen molar-refractivity contribution in [1.29, 1.82) is 5.26 Å². The van der Waals surface area contributed by atoms with Crippen LogP contribution in [-0.2, 0) is 24.4 Å². The first kappa shape index (κ1) is 21.7. The van der Waals surface area contributed by atoms with E-state index in [0.29, 0.717) is 17.1 Å². The first-order chi connectivity index (χ1) is 14.5. The number of furan rings is 1. The summed E-state index contributed by atoms with van der Waals surface area (Å²) in [5.74, 6) is -1.18. The smallest absolute Gasteiger partial charge is 0.271 e. The minimum Gasteiger partial charge on any atom is -0.457 e. The lowest BCUT2D eigenvalue weighted by molar-refractivity contribution is -0.138. The average Bonchev–Trinajstić information content (AvgIpc) is 3.18. The van der Waals surface area contributed by atoms with E-state index in [9.17, 15) is 28.1 Å². The monoisotopic (exact) mass is 439 g/mol. The predicted molar refractivity (Wildman–Crippen MR) is 109 cm³/mol. The van der Waals surface area contributed by atoms with Crippen molar-refractivity contribution >= 4 is 33.8 Å². The van der Waals surface area contributed by atoms with Crippen LogP contribution in [0.2, 0.25) is 0 Å². The number of likely N-dealkylation sites (N-methyl/N-ethyl adjacent to an activating group) is 1. The summed E-state index contributed by atoms with van der Waals surface area (Å²) in [6.07, 6.45) is 1.44. The van der Waals surface area contributed by atoms with Crippen LogP contribution in [0.25, 0.3) is 17.4 Å². The fraction of sp³-hybridized carbons (Fsp3) is 0.143. The molecule has 0 atom stereocenters. The molecule has 0 unspecified atom stereocenters. The van der Waals surface area contributed by atoms with E-state index >= 15 is 0 Å². The van der Waals surface area contributed by atoms with Crippen LogP contribution in [-0.4, -0.2) is 38.1 Å². The highest BCUT2D eigenvalue weighted by Gasteiger charge is 2.33. The van der Waals surface area contributed by atoms with Crippen molar-refractivity contribution in [2.24, 2.45) is 0 Å². The summed E-state index contributed by atoms with van der Waals surface area (Å²) in [5, 5.41) is 9.22. The summed E-state index contributed by atoms with van der Waals surface area (Å²) in [4.78, 5) is 36.3. The van der Waals surface area contributed by atoms with Gasteiger partial charge in [-0.25, -0.2) is 13.1 Å². The Morgan fingerprint density at radius 2 is 1.77 bits per heavy atom. The molecule has 1 aliphatic heterocycles. The van der Waals surface area contributed by atoms with Crippen molar-refractivity contribution in [3.8, 4) is 17.4 Å². The number of imide groups is 1. The summed E-state index contributed by atoms with van der Waals surface area (Å²) in [6, 6.07) is 10.8. The third-order valence-corrected chi connectivity index (χ3v) is 6.03. The number of rotatable bonds is 4. The minimum absolute atomic E-state index is 0.0781. The first-order valence-electron chi connectivity index (χ1n) is 8.94. The Hall–Kier alpha value is -3.97. The molecule has 1 aliphatic rings. The van der Waals surface area contributed by atoms with Gasteiger partial charge >= 0.3 is 0 Å². The van der Waals surface area contributed by atoms with Gasteiger partial charge in [0.15, 0.2) is 0 Å². The highest BCUT2D eigenvalue weighted by atomic mass is 32.2. The maximum absolute atomic E-state index is 12.5. The normalized spacial score (nSPS) is 15.9. The van der Waals surface area contributed by atoms with E-state index in [-0.39, 0.29) is 21.6 Å². The van der Waals surface area contributed by atoms with E-state index < -0.39 is 27.7 Å². The average molecular weight is 439 g/mol. The Morgan fingerprint density at radius 3 is 2.35 bits per heavy atom. The number of nitrogens with one attached hydrogen (secondary N) is 1. The van der Waals surface area contributed by atoms with Crippen molar-refractivity contribution in [2.75, 3.05) is 7.05 Å². The van der Waals surface area contributed by atoms with Gasteiger partial charge in [-0.15, -0.1) is 0 Å². The lowest BCUT2D eigenvalue weighted by atomic mass is 9.95. The lowest BCUT2D eigenvalue weighted by Crippen LogP contribution is -2.39. The maximum Gasteiger partial charge on any atom is 0.271 e. The minimum atomic E-state index is -3.94. The van der Waals surface area contributed by atoms with Crippen molar-refractivity contribution in [1.82, 2.24) is 9.62 Å². The van der Waals surface area contributed by atoms with Crippen LogP contribution in [0.1, 0.15) is 19.6 Å². The molecule has 0 saturated carbocycles.